The molecule has 0 aliphatic heterocycles. The van der Waals surface area contributed by atoms with Crippen molar-refractivity contribution in [3.05, 3.63) is 58.5 Å². The smallest absolute Gasteiger partial charge is 0.261 e. The molecule has 7 nitrogen and oxygen atoms in total. The number of aromatic nitrogens is 2. The fourth-order valence-corrected chi connectivity index (χ4v) is 4.00. The SMILES string of the molecule is Cc1ccc(CNC(=O)CSc2nnc(NC(=O)c3cc(C)oc3C)s2)cc1. The average molecular weight is 417 g/mol. The molecule has 0 aliphatic carbocycles. The van der Waals surface area contributed by atoms with Crippen molar-refractivity contribution in [2.45, 2.75) is 31.7 Å². The van der Waals surface area contributed by atoms with Gasteiger partial charge in [0.2, 0.25) is 11.0 Å². The van der Waals surface area contributed by atoms with Gasteiger partial charge >= 0.3 is 0 Å². The summed E-state index contributed by atoms with van der Waals surface area (Å²) in [6.07, 6.45) is 0. The van der Waals surface area contributed by atoms with E-state index in [0.29, 0.717) is 33.1 Å². The van der Waals surface area contributed by atoms with Gasteiger partial charge in [-0.3, -0.25) is 14.9 Å². The molecule has 0 fully saturated rings. The van der Waals surface area contributed by atoms with E-state index in [1.165, 1.54) is 28.7 Å². The lowest BCUT2D eigenvalue weighted by Crippen LogP contribution is -2.24. The summed E-state index contributed by atoms with van der Waals surface area (Å²) in [6, 6.07) is 9.69. The zero-order valence-electron chi connectivity index (χ0n) is 15.7. The summed E-state index contributed by atoms with van der Waals surface area (Å²) in [4.78, 5) is 24.3. The number of carbonyl (C=O) groups is 2. The first-order chi connectivity index (χ1) is 13.4. The van der Waals surface area contributed by atoms with E-state index in [4.69, 9.17) is 4.42 Å². The number of thioether (sulfide) groups is 1. The van der Waals surface area contributed by atoms with Gasteiger partial charge in [0.25, 0.3) is 5.91 Å². The molecule has 0 unspecified atom stereocenters. The molecule has 9 heteroatoms. The van der Waals surface area contributed by atoms with Crippen molar-refractivity contribution >= 4 is 40.0 Å². The second-order valence-electron chi connectivity index (χ2n) is 6.21. The number of hydrogen-bond acceptors (Lipinski definition) is 7. The van der Waals surface area contributed by atoms with Gasteiger partial charge in [0.05, 0.1) is 11.3 Å². The lowest BCUT2D eigenvalue weighted by Gasteiger charge is -2.04. The van der Waals surface area contributed by atoms with Gasteiger partial charge in [-0.25, -0.2) is 0 Å². The number of benzene rings is 1. The maximum Gasteiger partial charge on any atom is 0.261 e. The predicted molar refractivity (Wildman–Crippen MR) is 110 cm³/mol. The minimum Gasteiger partial charge on any atom is -0.466 e. The van der Waals surface area contributed by atoms with Crippen LogP contribution in [0, 0.1) is 20.8 Å². The van der Waals surface area contributed by atoms with Crippen LogP contribution >= 0.6 is 23.1 Å². The summed E-state index contributed by atoms with van der Waals surface area (Å²) in [5.74, 6) is 1.08. The number of rotatable bonds is 7. The van der Waals surface area contributed by atoms with E-state index in [-0.39, 0.29) is 17.6 Å². The summed E-state index contributed by atoms with van der Waals surface area (Å²) in [6.45, 7) is 6.03. The molecule has 0 radical (unpaired) electrons. The van der Waals surface area contributed by atoms with Gasteiger partial charge in [-0.05, 0) is 32.4 Å². The van der Waals surface area contributed by atoms with Crippen molar-refractivity contribution in [2.24, 2.45) is 0 Å². The average Bonchev–Trinajstić information content (AvgIpc) is 3.25. The van der Waals surface area contributed by atoms with Crippen LogP contribution in [0.15, 0.2) is 39.1 Å². The highest BCUT2D eigenvalue weighted by molar-refractivity contribution is 8.01. The van der Waals surface area contributed by atoms with Crippen LogP contribution in [0.4, 0.5) is 5.13 Å². The number of nitrogens with one attached hydrogen (secondary N) is 2. The van der Waals surface area contributed by atoms with Crippen LogP contribution in [0.25, 0.3) is 0 Å². The van der Waals surface area contributed by atoms with E-state index in [1.54, 1.807) is 19.9 Å². The van der Waals surface area contributed by atoms with E-state index >= 15 is 0 Å². The molecular weight excluding hydrogens is 396 g/mol. The summed E-state index contributed by atoms with van der Waals surface area (Å²) in [5, 5.41) is 13.9. The molecule has 0 aliphatic rings. The largest absolute Gasteiger partial charge is 0.466 e. The Hall–Kier alpha value is -2.65. The van der Waals surface area contributed by atoms with E-state index in [2.05, 4.69) is 20.8 Å². The Bertz CT molecular complexity index is 979. The van der Waals surface area contributed by atoms with Crippen LogP contribution in [0.2, 0.25) is 0 Å². The van der Waals surface area contributed by atoms with Crippen molar-refractivity contribution in [3.63, 3.8) is 0 Å². The topological polar surface area (TPSA) is 97.1 Å². The number of amides is 2. The molecule has 146 valence electrons. The van der Waals surface area contributed by atoms with E-state index < -0.39 is 0 Å². The zero-order valence-corrected chi connectivity index (χ0v) is 17.4. The molecule has 0 saturated heterocycles. The lowest BCUT2D eigenvalue weighted by atomic mass is 10.1. The van der Waals surface area contributed by atoms with Gasteiger partial charge in [-0.15, -0.1) is 10.2 Å². The van der Waals surface area contributed by atoms with Crippen LogP contribution in [0.5, 0.6) is 0 Å². The number of furan rings is 1. The summed E-state index contributed by atoms with van der Waals surface area (Å²) in [5.41, 5.74) is 2.70. The van der Waals surface area contributed by atoms with Crippen LogP contribution in [0.3, 0.4) is 0 Å². The molecule has 3 rings (SSSR count). The zero-order chi connectivity index (χ0) is 20.1. The third kappa shape index (κ3) is 5.43. The van der Waals surface area contributed by atoms with Crippen molar-refractivity contribution in [3.8, 4) is 0 Å². The molecule has 28 heavy (non-hydrogen) atoms. The second kappa shape index (κ2) is 9.03. The van der Waals surface area contributed by atoms with Crippen LogP contribution in [-0.4, -0.2) is 27.8 Å². The minimum atomic E-state index is -0.294. The van der Waals surface area contributed by atoms with Crippen molar-refractivity contribution in [1.29, 1.82) is 0 Å². The summed E-state index contributed by atoms with van der Waals surface area (Å²) >= 11 is 2.50. The van der Waals surface area contributed by atoms with Gasteiger partial charge in [-0.1, -0.05) is 52.9 Å². The normalized spacial score (nSPS) is 10.7. The van der Waals surface area contributed by atoms with E-state index in [9.17, 15) is 9.59 Å². The molecule has 2 aromatic heterocycles. The van der Waals surface area contributed by atoms with Gasteiger partial charge in [0.1, 0.15) is 11.5 Å². The molecular formula is C19H20N4O3S2. The van der Waals surface area contributed by atoms with Crippen molar-refractivity contribution < 1.29 is 14.0 Å². The monoisotopic (exact) mass is 416 g/mol. The van der Waals surface area contributed by atoms with Gasteiger partial charge in [-0.2, -0.15) is 0 Å². The molecule has 0 atom stereocenters. The van der Waals surface area contributed by atoms with Crippen molar-refractivity contribution in [1.82, 2.24) is 15.5 Å². The van der Waals surface area contributed by atoms with Crippen LogP contribution in [-0.2, 0) is 11.3 Å². The molecule has 2 N–H and O–H groups in total. The Morgan fingerprint density at radius 3 is 2.57 bits per heavy atom. The third-order valence-corrected chi connectivity index (χ3v) is 5.82. The maximum atomic E-state index is 12.3. The molecule has 1 aromatic carbocycles. The Balaban J connectivity index is 1.46. The highest BCUT2D eigenvalue weighted by Crippen LogP contribution is 2.26. The van der Waals surface area contributed by atoms with Gasteiger partial charge < -0.3 is 9.73 Å². The fourth-order valence-electron chi connectivity index (χ4n) is 2.42. The predicted octanol–water partition coefficient (Wildman–Crippen LogP) is 3.72. The lowest BCUT2D eigenvalue weighted by molar-refractivity contribution is -0.118. The summed E-state index contributed by atoms with van der Waals surface area (Å²) in [7, 11) is 0. The first kappa shape index (κ1) is 20.1. The summed E-state index contributed by atoms with van der Waals surface area (Å²) < 4.78 is 5.97. The van der Waals surface area contributed by atoms with Gasteiger partial charge in [0, 0.05) is 6.54 Å². The fraction of sp³-hybridized carbons (Fsp3) is 0.263. The first-order valence-corrected chi connectivity index (χ1v) is 10.4. The Labute approximate surface area is 170 Å². The number of anilines is 1. The number of nitrogens with zero attached hydrogens (tertiary/aromatic N) is 2. The Morgan fingerprint density at radius 2 is 1.89 bits per heavy atom. The van der Waals surface area contributed by atoms with Crippen LogP contribution < -0.4 is 10.6 Å². The Morgan fingerprint density at radius 1 is 1.14 bits per heavy atom. The molecule has 2 amide bonds. The van der Waals surface area contributed by atoms with Crippen LogP contribution in [0.1, 0.15) is 33.0 Å². The Kier molecular flexibility index (Phi) is 6.48. The standard InChI is InChI=1S/C19H20N4O3S2/c1-11-4-6-14(7-5-11)9-20-16(24)10-27-19-23-22-18(28-19)21-17(25)15-8-12(2)26-13(15)3/h4-8H,9-10H2,1-3H3,(H,20,24)(H,21,22,25). The highest BCUT2D eigenvalue weighted by Gasteiger charge is 2.16. The van der Waals surface area contributed by atoms with Gasteiger partial charge in [0.15, 0.2) is 4.34 Å². The first-order valence-electron chi connectivity index (χ1n) is 8.57. The van der Waals surface area contributed by atoms with Crippen molar-refractivity contribution in [2.75, 3.05) is 11.1 Å². The maximum absolute atomic E-state index is 12.3. The minimum absolute atomic E-state index is 0.0872. The number of aryl methyl sites for hydroxylation is 3. The highest BCUT2D eigenvalue weighted by atomic mass is 32.2. The number of hydrogen-bond donors (Lipinski definition) is 2. The number of carbonyl (C=O) groups excluding carboxylic acids is 2. The van der Waals surface area contributed by atoms with E-state index in [1.807, 2.05) is 31.2 Å². The molecule has 0 spiro atoms. The molecule has 3 aromatic rings. The molecule has 0 saturated carbocycles. The second-order valence-corrected chi connectivity index (χ2v) is 8.41. The molecule has 2 heterocycles. The quantitative estimate of drug-likeness (QED) is 0.450. The molecule has 0 bridgehead atoms. The van der Waals surface area contributed by atoms with E-state index in [0.717, 1.165) is 5.56 Å². The third-order valence-electron chi connectivity index (χ3n) is 3.85.